The van der Waals surface area contributed by atoms with Gasteiger partial charge in [-0.1, -0.05) is 17.7 Å². The lowest BCUT2D eigenvalue weighted by atomic mass is 10.2. The van der Waals surface area contributed by atoms with Crippen molar-refractivity contribution in [3.8, 4) is 11.5 Å². The minimum Gasteiger partial charge on any atom is -0.494 e. The molecule has 1 atom stereocenters. The molecule has 2 rings (SSSR count). The summed E-state index contributed by atoms with van der Waals surface area (Å²) in [6.07, 6.45) is 3.66. The van der Waals surface area contributed by atoms with Crippen molar-refractivity contribution in [2.75, 3.05) is 44.7 Å². The Kier molecular flexibility index (Phi) is 10.3. The molecule has 0 fully saturated rings. The zero-order chi connectivity index (χ0) is 23.6. The Morgan fingerprint density at radius 2 is 1.50 bits per heavy atom. The standard InChI is InChI=1S/C23H34O7S2/c1-5-27-17-20(24)18-29-22-11-9-21(10-12-22)28-15-6-16-31(3,4)30-32(25,26)23-13-7-19(2)8-14-23/h7-14,20,24H,5-6,15-18H2,1-4H3. The molecule has 0 aliphatic heterocycles. The summed E-state index contributed by atoms with van der Waals surface area (Å²) in [7, 11) is -5.59. The largest absolute Gasteiger partial charge is 0.494 e. The smallest absolute Gasteiger partial charge is 0.306 e. The lowest BCUT2D eigenvalue weighted by Crippen LogP contribution is -2.23. The number of hydrogen-bond acceptors (Lipinski definition) is 7. The maximum Gasteiger partial charge on any atom is 0.306 e. The summed E-state index contributed by atoms with van der Waals surface area (Å²) in [5.41, 5.74) is 0.992. The molecule has 2 aromatic carbocycles. The summed E-state index contributed by atoms with van der Waals surface area (Å²) in [4.78, 5) is 0.174. The third kappa shape index (κ3) is 9.38. The fraction of sp³-hybridized carbons (Fsp3) is 0.478. The zero-order valence-electron chi connectivity index (χ0n) is 19.2. The predicted molar refractivity (Wildman–Crippen MR) is 128 cm³/mol. The Balaban J connectivity index is 1.74. The number of ether oxygens (including phenoxy) is 3. The first-order valence-electron chi connectivity index (χ1n) is 10.5. The number of aryl methyl sites for hydroxylation is 1. The van der Waals surface area contributed by atoms with E-state index >= 15 is 0 Å². The van der Waals surface area contributed by atoms with Crippen molar-refractivity contribution in [2.45, 2.75) is 31.3 Å². The van der Waals surface area contributed by atoms with Crippen molar-refractivity contribution in [1.29, 1.82) is 0 Å². The topological polar surface area (TPSA) is 91.3 Å². The van der Waals surface area contributed by atoms with Gasteiger partial charge in [-0.05, 0) is 69.2 Å². The monoisotopic (exact) mass is 486 g/mol. The molecule has 0 radical (unpaired) electrons. The lowest BCUT2D eigenvalue weighted by molar-refractivity contribution is 0.0164. The van der Waals surface area contributed by atoms with E-state index in [0.29, 0.717) is 36.9 Å². The molecule has 180 valence electrons. The van der Waals surface area contributed by atoms with E-state index in [1.165, 1.54) is 0 Å². The van der Waals surface area contributed by atoms with Crippen molar-refractivity contribution in [3.63, 3.8) is 0 Å². The van der Waals surface area contributed by atoms with Crippen LogP contribution in [0.1, 0.15) is 18.9 Å². The summed E-state index contributed by atoms with van der Waals surface area (Å²) in [6, 6.07) is 13.8. The second-order valence-electron chi connectivity index (χ2n) is 7.77. The third-order valence-electron chi connectivity index (χ3n) is 4.41. The van der Waals surface area contributed by atoms with E-state index in [1.807, 2.05) is 26.4 Å². The highest BCUT2D eigenvalue weighted by Gasteiger charge is 2.24. The molecular weight excluding hydrogens is 452 g/mol. The first-order valence-corrected chi connectivity index (χ1v) is 14.4. The van der Waals surface area contributed by atoms with Crippen molar-refractivity contribution in [3.05, 3.63) is 54.1 Å². The zero-order valence-corrected chi connectivity index (χ0v) is 20.8. The van der Waals surface area contributed by atoms with Crippen LogP contribution in [0.5, 0.6) is 11.5 Å². The van der Waals surface area contributed by atoms with Crippen LogP contribution in [0.2, 0.25) is 0 Å². The molecule has 0 bridgehead atoms. The Hall–Kier alpha value is -1.78. The number of aliphatic hydroxyl groups is 1. The summed E-state index contributed by atoms with van der Waals surface area (Å²) in [5, 5.41) is 9.73. The highest BCUT2D eigenvalue weighted by Crippen LogP contribution is 2.44. The Morgan fingerprint density at radius 1 is 0.906 bits per heavy atom. The number of rotatable bonds is 14. The highest BCUT2D eigenvalue weighted by atomic mass is 32.3. The lowest BCUT2D eigenvalue weighted by Gasteiger charge is -2.29. The fourth-order valence-corrected chi connectivity index (χ4v) is 6.55. The molecule has 7 nitrogen and oxygen atoms in total. The molecule has 0 heterocycles. The Labute approximate surface area is 193 Å². The van der Waals surface area contributed by atoms with Gasteiger partial charge in [0.2, 0.25) is 0 Å². The third-order valence-corrected chi connectivity index (χ3v) is 8.72. The van der Waals surface area contributed by atoms with Gasteiger partial charge in [0.25, 0.3) is 0 Å². The van der Waals surface area contributed by atoms with Gasteiger partial charge >= 0.3 is 10.1 Å². The maximum absolute atomic E-state index is 12.5. The van der Waals surface area contributed by atoms with Crippen molar-refractivity contribution < 1.29 is 31.4 Å². The number of aliphatic hydroxyl groups excluding tert-OH is 1. The van der Waals surface area contributed by atoms with Crippen molar-refractivity contribution >= 4 is 20.4 Å². The molecule has 1 unspecified atom stereocenters. The molecular formula is C23H34O7S2. The van der Waals surface area contributed by atoms with Gasteiger partial charge in [0.15, 0.2) is 0 Å². The highest BCUT2D eigenvalue weighted by molar-refractivity contribution is 8.32. The molecule has 32 heavy (non-hydrogen) atoms. The van der Waals surface area contributed by atoms with Crippen molar-refractivity contribution in [2.24, 2.45) is 0 Å². The SMILES string of the molecule is CCOCC(O)COc1ccc(OCCCS(C)(C)OS(=O)(=O)c2ccc(C)cc2)cc1. The normalized spacial score (nSPS) is 13.5. The van der Waals surface area contributed by atoms with Gasteiger partial charge in [-0.25, -0.2) is 3.63 Å². The second-order valence-corrected chi connectivity index (χ2v) is 13.0. The molecule has 0 aliphatic rings. The van der Waals surface area contributed by atoms with Crippen LogP contribution in [0.4, 0.5) is 0 Å². The molecule has 0 aliphatic carbocycles. The van der Waals surface area contributed by atoms with Gasteiger partial charge in [0, 0.05) is 12.4 Å². The van der Waals surface area contributed by atoms with Gasteiger partial charge in [-0.2, -0.15) is 8.42 Å². The minimum absolute atomic E-state index is 0.156. The predicted octanol–water partition coefficient (Wildman–Crippen LogP) is 3.92. The van der Waals surface area contributed by atoms with E-state index < -0.39 is 26.5 Å². The van der Waals surface area contributed by atoms with Crippen LogP contribution in [0, 0.1) is 6.92 Å². The molecule has 9 heteroatoms. The van der Waals surface area contributed by atoms with Gasteiger partial charge in [0.1, 0.15) is 24.2 Å². The van der Waals surface area contributed by atoms with Gasteiger partial charge < -0.3 is 19.3 Å². The van der Waals surface area contributed by atoms with Crippen LogP contribution in [0.3, 0.4) is 0 Å². The molecule has 0 amide bonds. The second kappa shape index (κ2) is 12.5. The summed E-state index contributed by atoms with van der Waals surface area (Å²) in [5.74, 6) is 1.91. The molecule has 0 saturated carbocycles. The average molecular weight is 487 g/mol. The van der Waals surface area contributed by atoms with Gasteiger partial charge in [0.05, 0.1) is 18.1 Å². The summed E-state index contributed by atoms with van der Waals surface area (Å²) in [6.45, 7) is 5.17. The van der Waals surface area contributed by atoms with Crippen LogP contribution in [-0.4, -0.2) is 64.3 Å². The number of benzene rings is 2. The molecule has 0 aromatic heterocycles. The van der Waals surface area contributed by atoms with E-state index in [0.717, 1.165) is 5.56 Å². The first kappa shape index (κ1) is 26.5. The van der Waals surface area contributed by atoms with Gasteiger partial charge in [-0.3, -0.25) is 0 Å². The Bertz CT molecular complexity index is 910. The van der Waals surface area contributed by atoms with Crippen LogP contribution in [0.25, 0.3) is 0 Å². The molecule has 2 aromatic rings. The van der Waals surface area contributed by atoms with Crippen LogP contribution in [0.15, 0.2) is 53.4 Å². The van der Waals surface area contributed by atoms with Crippen LogP contribution >= 0.6 is 10.3 Å². The average Bonchev–Trinajstić information content (AvgIpc) is 2.74. The molecule has 1 N–H and O–H groups in total. The number of hydrogen-bond donors (Lipinski definition) is 1. The minimum atomic E-state index is -3.79. The quantitative estimate of drug-likeness (QED) is 0.405. The van der Waals surface area contributed by atoms with E-state index in [9.17, 15) is 13.5 Å². The Morgan fingerprint density at radius 3 is 2.09 bits per heavy atom. The fourth-order valence-electron chi connectivity index (χ4n) is 2.74. The maximum atomic E-state index is 12.5. The van der Waals surface area contributed by atoms with E-state index in [1.54, 1.807) is 48.5 Å². The van der Waals surface area contributed by atoms with Gasteiger partial charge in [-0.15, -0.1) is 10.3 Å². The summed E-state index contributed by atoms with van der Waals surface area (Å²) < 4.78 is 47.0. The first-order chi connectivity index (χ1) is 15.1. The summed E-state index contributed by atoms with van der Waals surface area (Å²) >= 11 is 0. The van der Waals surface area contributed by atoms with Crippen LogP contribution < -0.4 is 9.47 Å². The van der Waals surface area contributed by atoms with E-state index in [2.05, 4.69) is 0 Å². The van der Waals surface area contributed by atoms with Crippen LogP contribution in [-0.2, 0) is 18.5 Å². The van der Waals surface area contributed by atoms with E-state index in [4.69, 9.17) is 17.8 Å². The van der Waals surface area contributed by atoms with Crippen molar-refractivity contribution in [1.82, 2.24) is 0 Å². The molecule has 0 spiro atoms. The van der Waals surface area contributed by atoms with E-state index in [-0.39, 0.29) is 18.1 Å². The molecule has 0 saturated heterocycles.